The van der Waals surface area contributed by atoms with E-state index in [0.717, 1.165) is 19.3 Å². The third-order valence-electron chi connectivity index (χ3n) is 4.95. The van der Waals surface area contributed by atoms with E-state index >= 15 is 0 Å². The standard InChI is InChI=1S/C19H19N5O3/c20-18(26)15-10-14(22-23-15)16-7-3-4-8-24(16)19(27)12-9-17(25)21-13-6-2-1-5-11(12)13/h1-2,5-6,9-10,16H,3-4,7-8H2,(H2,20,26)(H,21,25)(H,22,23)/t16-/m0/s1. The summed E-state index contributed by atoms with van der Waals surface area (Å²) < 4.78 is 0. The fraction of sp³-hybridized carbons (Fsp3) is 0.263. The van der Waals surface area contributed by atoms with Crippen LogP contribution in [0, 0.1) is 0 Å². The first kappa shape index (κ1) is 17.0. The smallest absolute Gasteiger partial charge is 0.269 e. The molecule has 1 atom stereocenters. The molecule has 1 saturated heterocycles. The lowest BCUT2D eigenvalue weighted by atomic mass is 9.97. The number of para-hydroxylation sites is 1. The Balaban J connectivity index is 1.75. The second-order valence-corrected chi connectivity index (χ2v) is 6.68. The van der Waals surface area contributed by atoms with Crippen molar-refractivity contribution >= 4 is 22.7 Å². The summed E-state index contributed by atoms with van der Waals surface area (Å²) in [6.07, 6.45) is 2.57. The zero-order valence-corrected chi connectivity index (χ0v) is 14.6. The van der Waals surface area contributed by atoms with E-state index in [2.05, 4.69) is 15.2 Å². The topological polar surface area (TPSA) is 125 Å². The lowest BCUT2D eigenvalue weighted by Crippen LogP contribution is -2.39. The lowest BCUT2D eigenvalue weighted by Gasteiger charge is -2.35. The van der Waals surface area contributed by atoms with Gasteiger partial charge in [-0.25, -0.2) is 0 Å². The van der Waals surface area contributed by atoms with Gasteiger partial charge in [-0.1, -0.05) is 18.2 Å². The normalized spacial score (nSPS) is 17.2. The number of aromatic amines is 2. The number of nitrogens with one attached hydrogen (secondary N) is 2. The summed E-state index contributed by atoms with van der Waals surface area (Å²) in [5.74, 6) is -0.830. The number of aromatic nitrogens is 3. The van der Waals surface area contributed by atoms with Gasteiger partial charge in [-0.3, -0.25) is 19.5 Å². The molecule has 8 nitrogen and oxygen atoms in total. The van der Waals surface area contributed by atoms with E-state index in [9.17, 15) is 14.4 Å². The molecule has 3 heterocycles. The molecule has 0 bridgehead atoms. The van der Waals surface area contributed by atoms with Gasteiger partial charge in [0, 0.05) is 23.5 Å². The first-order valence-corrected chi connectivity index (χ1v) is 8.83. The number of likely N-dealkylation sites (tertiary alicyclic amines) is 1. The van der Waals surface area contributed by atoms with Gasteiger partial charge < -0.3 is 15.6 Å². The van der Waals surface area contributed by atoms with Crippen LogP contribution in [0.25, 0.3) is 10.9 Å². The Labute approximate surface area is 154 Å². The van der Waals surface area contributed by atoms with Crippen LogP contribution >= 0.6 is 0 Å². The van der Waals surface area contributed by atoms with Gasteiger partial charge >= 0.3 is 0 Å². The van der Waals surface area contributed by atoms with E-state index in [1.165, 1.54) is 6.07 Å². The number of piperidine rings is 1. The summed E-state index contributed by atoms with van der Waals surface area (Å²) in [5, 5.41) is 7.46. The van der Waals surface area contributed by atoms with Crippen molar-refractivity contribution in [3.63, 3.8) is 0 Å². The van der Waals surface area contributed by atoms with Gasteiger partial charge in [0.15, 0.2) is 0 Å². The highest BCUT2D eigenvalue weighted by Gasteiger charge is 2.31. The van der Waals surface area contributed by atoms with Gasteiger partial charge in [0.1, 0.15) is 5.69 Å². The number of H-pyrrole nitrogens is 2. The maximum absolute atomic E-state index is 13.3. The number of fused-ring (bicyclic) bond motifs is 1. The van der Waals surface area contributed by atoms with Gasteiger partial charge in [0.2, 0.25) is 5.56 Å². The van der Waals surface area contributed by atoms with Gasteiger partial charge in [0.05, 0.1) is 17.3 Å². The Bertz CT molecular complexity index is 1080. The second-order valence-electron chi connectivity index (χ2n) is 6.68. The van der Waals surface area contributed by atoms with Crippen LogP contribution in [-0.4, -0.2) is 38.4 Å². The molecule has 1 aliphatic heterocycles. The summed E-state index contributed by atoms with van der Waals surface area (Å²) in [6, 6.07) is 9.93. The fourth-order valence-electron chi connectivity index (χ4n) is 3.67. The Morgan fingerprint density at radius 1 is 1.19 bits per heavy atom. The van der Waals surface area contributed by atoms with E-state index in [1.54, 1.807) is 17.0 Å². The van der Waals surface area contributed by atoms with E-state index in [-0.39, 0.29) is 23.2 Å². The SMILES string of the molecule is NC(=O)c1cc([C@@H]2CCCCN2C(=O)c2cc(=O)[nH]c3ccccc23)[nH]n1. The molecule has 4 N–H and O–H groups in total. The number of carbonyl (C=O) groups is 2. The first-order chi connectivity index (χ1) is 13.0. The molecule has 1 aromatic carbocycles. The first-order valence-electron chi connectivity index (χ1n) is 8.83. The molecule has 0 unspecified atom stereocenters. The zero-order valence-electron chi connectivity index (χ0n) is 14.6. The molecule has 27 heavy (non-hydrogen) atoms. The molecular weight excluding hydrogens is 346 g/mol. The van der Waals surface area contributed by atoms with Crippen molar-refractivity contribution in [2.75, 3.05) is 6.54 Å². The average Bonchev–Trinajstić information content (AvgIpc) is 3.17. The molecule has 0 saturated carbocycles. The van der Waals surface area contributed by atoms with Crippen molar-refractivity contribution in [2.24, 2.45) is 5.73 Å². The highest BCUT2D eigenvalue weighted by molar-refractivity contribution is 6.06. The highest BCUT2D eigenvalue weighted by atomic mass is 16.2. The second kappa shape index (κ2) is 6.71. The van der Waals surface area contributed by atoms with Crippen molar-refractivity contribution in [3.8, 4) is 0 Å². The molecule has 2 aromatic heterocycles. The molecule has 4 rings (SSSR count). The molecule has 8 heteroatoms. The molecule has 1 fully saturated rings. The zero-order chi connectivity index (χ0) is 19.0. The van der Waals surface area contributed by atoms with Crippen LogP contribution in [0.1, 0.15) is 51.8 Å². The minimum Gasteiger partial charge on any atom is -0.364 e. The van der Waals surface area contributed by atoms with Gasteiger partial charge in [-0.15, -0.1) is 0 Å². The van der Waals surface area contributed by atoms with Crippen LogP contribution < -0.4 is 11.3 Å². The molecule has 138 valence electrons. The maximum atomic E-state index is 13.3. The number of rotatable bonds is 3. The number of nitrogens with two attached hydrogens (primary N) is 1. The summed E-state index contributed by atoms with van der Waals surface area (Å²) in [7, 11) is 0. The van der Waals surface area contributed by atoms with Crippen molar-refractivity contribution in [1.29, 1.82) is 0 Å². The van der Waals surface area contributed by atoms with Crippen LogP contribution in [0.4, 0.5) is 0 Å². The van der Waals surface area contributed by atoms with E-state index in [1.807, 2.05) is 18.2 Å². The number of benzene rings is 1. The molecule has 0 spiro atoms. The fourth-order valence-corrected chi connectivity index (χ4v) is 3.67. The van der Waals surface area contributed by atoms with Crippen LogP contribution in [0.3, 0.4) is 0 Å². The van der Waals surface area contributed by atoms with Crippen LogP contribution in [0.5, 0.6) is 0 Å². The molecule has 1 aliphatic rings. The summed E-state index contributed by atoms with van der Waals surface area (Å²) in [5.41, 5.74) is 6.78. The quantitative estimate of drug-likeness (QED) is 0.653. The monoisotopic (exact) mass is 365 g/mol. The maximum Gasteiger partial charge on any atom is 0.269 e. The summed E-state index contributed by atoms with van der Waals surface area (Å²) >= 11 is 0. The van der Waals surface area contributed by atoms with E-state index in [0.29, 0.717) is 28.7 Å². The third-order valence-corrected chi connectivity index (χ3v) is 4.95. The number of carbonyl (C=O) groups excluding carboxylic acids is 2. The predicted molar refractivity (Wildman–Crippen MR) is 99.3 cm³/mol. The lowest BCUT2D eigenvalue weighted by molar-refractivity contribution is 0.0608. The average molecular weight is 365 g/mol. The number of amides is 2. The van der Waals surface area contributed by atoms with Crippen LogP contribution in [0.15, 0.2) is 41.2 Å². The predicted octanol–water partition coefficient (Wildman–Crippen LogP) is 1.72. The number of hydrogen-bond donors (Lipinski definition) is 3. The molecule has 0 radical (unpaired) electrons. The van der Waals surface area contributed by atoms with Crippen molar-refractivity contribution in [1.82, 2.24) is 20.1 Å². The van der Waals surface area contributed by atoms with Crippen molar-refractivity contribution in [3.05, 3.63) is 63.7 Å². The number of nitrogens with zero attached hydrogens (tertiary/aromatic N) is 2. The number of primary amides is 1. The summed E-state index contributed by atoms with van der Waals surface area (Å²) in [4.78, 5) is 41.2. The van der Waals surface area contributed by atoms with Crippen LogP contribution in [0.2, 0.25) is 0 Å². The summed E-state index contributed by atoms with van der Waals surface area (Å²) in [6.45, 7) is 0.565. The Morgan fingerprint density at radius 2 is 2.00 bits per heavy atom. The minimum absolute atomic E-state index is 0.143. The third kappa shape index (κ3) is 3.10. The Morgan fingerprint density at radius 3 is 2.78 bits per heavy atom. The van der Waals surface area contributed by atoms with Crippen molar-refractivity contribution < 1.29 is 9.59 Å². The number of pyridine rings is 1. The molecule has 3 aromatic rings. The molecular formula is C19H19N5O3. The van der Waals surface area contributed by atoms with Gasteiger partial charge in [0.25, 0.3) is 11.8 Å². The van der Waals surface area contributed by atoms with Crippen LogP contribution in [-0.2, 0) is 0 Å². The van der Waals surface area contributed by atoms with E-state index < -0.39 is 5.91 Å². The molecule has 0 aliphatic carbocycles. The minimum atomic E-state index is -0.619. The largest absolute Gasteiger partial charge is 0.364 e. The van der Waals surface area contributed by atoms with Crippen molar-refractivity contribution in [2.45, 2.75) is 25.3 Å². The van der Waals surface area contributed by atoms with Gasteiger partial charge in [-0.05, 0) is 31.4 Å². The van der Waals surface area contributed by atoms with Gasteiger partial charge in [-0.2, -0.15) is 5.10 Å². The van der Waals surface area contributed by atoms with E-state index in [4.69, 9.17) is 5.73 Å². The molecule has 2 amide bonds. The number of hydrogen-bond acceptors (Lipinski definition) is 4. The Hall–Kier alpha value is -3.42. The highest BCUT2D eigenvalue weighted by Crippen LogP contribution is 2.32. The Kier molecular flexibility index (Phi) is 4.23.